The molecule has 2 N–H and O–H groups in total. The number of anilines is 1. The Kier molecular flexibility index (Phi) is 6.01. The molecule has 0 spiro atoms. The Morgan fingerprint density at radius 2 is 1.87 bits per heavy atom. The number of nitrogens with one attached hydrogen (secondary N) is 2. The Labute approximate surface area is 173 Å². The number of H-pyrrole nitrogens is 1. The molecule has 0 saturated heterocycles. The lowest BCUT2D eigenvalue weighted by molar-refractivity contribution is -0.111. The highest BCUT2D eigenvalue weighted by Crippen LogP contribution is 2.28. The summed E-state index contributed by atoms with van der Waals surface area (Å²) in [6.07, 6.45) is 3.05. The predicted octanol–water partition coefficient (Wildman–Crippen LogP) is 2.55. The maximum absolute atomic E-state index is 12.5. The average molecular weight is 409 g/mol. The number of carbonyl (C=O) groups excluding carboxylic acids is 1. The van der Waals surface area contributed by atoms with Gasteiger partial charge in [0.1, 0.15) is 5.82 Å². The second-order valence-electron chi connectivity index (χ2n) is 6.62. The largest absolute Gasteiger partial charge is 0.493 e. The van der Waals surface area contributed by atoms with E-state index in [2.05, 4.69) is 20.4 Å². The highest BCUT2D eigenvalue weighted by atomic mass is 16.5. The van der Waals surface area contributed by atoms with Gasteiger partial charge in [0.2, 0.25) is 11.9 Å². The van der Waals surface area contributed by atoms with Crippen molar-refractivity contribution in [3.05, 3.63) is 63.2 Å². The normalized spacial score (nSPS) is 11.0. The number of aromatic amines is 1. The van der Waals surface area contributed by atoms with Crippen LogP contribution < -0.4 is 20.3 Å². The number of aryl methyl sites for hydroxylation is 2. The molecule has 0 aliphatic rings. The molecule has 30 heavy (non-hydrogen) atoms. The molecule has 9 nitrogen and oxygen atoms in total. The molecule has 0 saturated carbocycles. The minimum atomic E-state index is -0.364. The van der Waals surface area contributed by atoms with Crippen molar-refractivity contribution in [1.82, 2.24) is 19.7 Å². The monoisotopic (exact) mass is 409 g/mol. The summed E-state index contributed by atoms with van der Waals surface area (Å²) >= 11 is 0. The quantitative estimate of drug-likeness (QED) is 0.605. The Balaban J connectivity index is 1.83. The van der Waals surface area contributed by atoms with Crippen LogP contribution in [0.2, 0.25) is 0 Å². The Bertz CT molecular complexity index is 1180. The second kappa shape index (κ2) is 8.64. The van der Waals surface area contributed by atoms with E-state index in [-0.39, 0.29) is 17.4 Å². The third-order valence-corrected chi connectivity index (χ3v) is 4.50. The van der Waals surface area contributed by atoms with Gasteiger partial charge < -0.3 is 14.8 Å². The van der Waals surface area contributed by atoms with E-state index in [0.717, 1.165) is 5.56 Å². The van der Waals surface area contributed by atoms with Crippen molar-refractivity contribution in [2.45, 2.75) is 20.8 Å². The van der Waals surface area contributed by atoms with Gasteiger partial charge in [-0.05, 0) is 44.5 Å². The molecule has 0 unspecified atom stereocenters. The maximum Gasteiger partial charge on any atom is 0.255 e. The van der Waals surface area contributed by atoms with E-state index in [4.69, 9.17) is 9.47 Å². The lowest BCUT2D eigenvalue weighted by atomic mass is 10.2. The highest BCUT2D eigenvalue weighted by molar-refractivity contribution is 6.01. The minimum Gasteiger partial charge on any atom is -0.493 e. The summed E-state index contributed by atoms with van der Waals surface area (Å²) in [5.41, 5.74) is 2.30. The number of methoxy groups -OCH3 is 2. The van der Waals surface area contributed by atoms with Gasteiger partial charge in [0.15, 0.2) is 11.5 Å². The second-order valence-corrected chi connectivity index (χ2v) is 6.62. The molecule has 0 aliphatic heterocycles. The molecule has 2 aromatic heterocycles. The van der Waals surface area contributed by atoms with Gasteiger partial charge in [-0.1, -0.05) is 6.07 Å². The van der Waals surface area contributed by atoms with Gasteiger partial charge in [-0.2, -0.15) is 9.78 Å². The van der Waals surface area contributed by atoms with Gasteiger partial charge >= 0.3 is 0 Å². The smallest absolute Gasteiger partial charge is 0.255 e. The van der Waals surface area contributed by atoms with E-state index in [1.165, 1.54) is 10.8 Å². The summed E-state index contributed by atoms with van der Waals surface area (Å²) in [5.74, 6) is 1.43. The van der Waals surface area contributed by atoms with E-state index >= 15 is 0 Å². The standard InChI is InChI=1S/C21H23N5O4/c1-12-10-18(26(25-12)21-22-14(3)13(2)20(28)24-21)23-19(27)9-7-15-6-8-16(29-4)17(11-15)30-5/h6-11H,1-5H3,(H,23,27)(H,22,24,28). The first-order valence-electron chi connectivity index (χ1n) is 9.18. The fraction of sp³-hybridized carbons (Fsp3) is 0.238. The first-order valence-corrected chi connectivity index (χ1v) is 9.18. The van der Waals surface area contributed by atoms with Crippen molar-refractivity contribution in [2.75, 3.05) is 19.5 Å². The van der Waals surface area contributed by atoms with Crippen molar-refractivity contribution < 1.29 is 14.3 Å². The van der Waals surface area contributed by atoms with Crippen molar-refractivity contribution in [3.63, 3.8) is 0 Å². The zero-order valence-corrected chi connectivity index (χ0v) is 17.4. The third kappa shape index (κ3) is 4.40. The predicted molar refractivity (Wildman–Crippen MR) is 113 cm³/mol. The van der Waals surface area contributed by atoms with Crippen LogP contribution in [0.25, 0.3) is 12.0 Å². The fourth-order valence-electron chi connectivity index (χ4n) is 2.78. The van der Waals surface area contributed by atoms with Crippen LogP contribution in [0.1, 0.15) is 22.5 Å². The molecule has 1 amide bonds. The van der Waals surface area contributed by atoms with Gasteiger partial charge in [-0.25, -0.2) is 4.98 Å². The van der Waals surface area contributed by atoms with E-state index in [9.17, 15) is 9.59 Å². The van der Waals surface area contributed by atoms with Crippen molar-refractivity contribution in [1.29, 1.82) is 0 Å². The van der Waals surface area contributed by atoms with Crippen LogP contribution in [-0.2, 0) is 4.79 Å². The average Bonchev–Trinajstić information content (AvgIpc) is 3.09. The summed E-state index contributed by atoms with van der Waals surface area (Å²) in [5, 5.41) is 7.08. The number of benzene rings is 1. The molecule has 2 heterocycles. The van der Waals surface area contributed by atoms with Gasteiger partial charge in [0, 0.05) is 23.4 Å². The lowest BCUT2D eigenvalue weighted by Crippen LogP contribution is -2.20. The van der Waals surface area contributed by atoms with E-state index < -0.39 is 0 Å². The van der Waals surface area contributed by atoms with Gasteiger partial charge in [-0.3, -0.25) is 14.6 Å². The molecule has 156 valence electrons. The van der Waals surface area contributed by atoms with Crippen LogP contribution >= 0.6 is 0 Å². The molecule has 0 bridgehead atoms. The zero-order chi connectivity index (χ0) is 21.8. The molecule has 3 aromatic rings. The Morgan fingerprint density at radius 1 is 1.13 bits per heavy atom. The van der Waals surface area contributed by atoms with Crippen LogP contribution in [0.15, 0.2) is 35.1 Å². The van der Waals surface area contributed by atoms with Gasteiger partial charge in [-0.15, -0.1) is 0 Å². The molecular formula is C21H23N5O4. The van der Waals surface area contributed by atoms with Crippen molar-refractivity contribution in [3.8, 4) is 17.4 Å². The number of hydrogen-bond donors (Lipinski definition) is 2. The van der Waals surface area contributed by atoms with E-state index in [1.807, 2.05) is 6.07 Å². The van der Waals surface area contributed by atoms with Crippen LogP contribution in [0.4, 0.5) is 5.82 Å². The molecule has 3 rings (SSSR count). The Hall–Kier alpha value is -3.88. The van der Waals surface area contributed by atoms with Gasteiger partial charge in [0.25, 0.3) is 5.56 Å². The number of amides is 1. The number of rotatable bonds is 6. The maximum atomic E-state index is 12.5. The van der Waals surface area contributed by atoms with Crippen LogP contribution in [0.5, 0.6) is 11.5 Å². The Morgan fingerprint density at radius 3 is 2.53 bits per heavy atom. The third-order valence-electron chi connectivity index (χ3n) is 4.50. The topological polar surface area (TPSA) is 111 Å². The summed E-state index contributed by atoms with van der Waals surface area (Å²) in [6, 6.07) is 7.03. The zero-order valence-electron chi connectivity index (χ0n) is 17.4. The fourth-order valence-corrected chi connectivity index (χ4v) is 2.78. The molecule has 1 aromatic carbocycles. The van der Waals surface area contributed by atoms with E-state index in [1.54, 1.807) is 59.3 Å². The van der Waals surface area contributed by atoms with Gasteiger partial charge in [0.05, 0.1) is 19.9 Å². The summed E-state index contributed by atoms with van der Waals surface area (Å²) in [7, 11) is 3.11. The number of aromatic nitrogens is 4. The summed E-state index contributed by atoms with van der Waals surface area (Å²) in [6.45, 7) is 5.22. The number of hydrogen-bond acceptors (Lipinski definition) is 6. The molecule has 0 fully saturated rings. The van der Waals surface area contributed by atoms with Crippen LogP contribution in [-0.4, -0.2) is 39.9 Å². The summed E-state index contributed by atoms with van der Waals surface area (Å²) < 4.78 is 11.9. The molecular weight excluding hydrogens is 386 g/mol. The molecule has 0 atom stereocenters. The number of ether oxygens (including phenoxy) is 2. The van der Waals surface area contributed by atoms with E-state index in [0.29, 0.717) is 34.3 Å². The first-order chi connectivity index (χ1) is 14.3. The van der Waals surface area contributed by atoms with Crippen molar-refractivity contribution >= 4 is 17.8 Å². The van der Waals surface area contributed by atoms with Crippen molar-refractivity contribution in [2.24, 2.45) is 0 Å². The highest BCUT2D eigenvalue weighted by Gasteiger charge is 2.13. The molecule has 0 radical (unpaired) electrons. The number of nitrogens with zero attached hydrogens (tertiary/aromatic N) is 3. The molecule has 0 aliphatic carbocycles. The molecule has 9 heteroatoms. The lowest BCUT2D eigenvalue weighted by Gasteiger charge is -2.08. The number of carbonyl (C=O) groups is 1. The van der Waals surface area contributed by atoms with Crippen LogP contribution in [0.3, 0.4) is 0 Å². The first kappa shape index (κ1) is 20.8. The minimum absolute atomic E-state index is 0.232. The van der Waals surface area contributed by atoms with Crippen LogP contribution in [0, 0.1) is 20.8 Å². The SMILES string of the molecule is COc1ccc(C=CC(=O)Nc2cc(C)nn2-c2nc(C)c(C)c(=O)[nH]2)cc1OC. The summed E-state index contributed by atoms with van der Waals surface area (Å²) in [4.78, 5) is 31.6.